The van der Waals surface area contributed by atoms with Crippen LogP contribution in [0, 0.1) is 0 Å². The Balaban J connectivity index is 1.91. The SMILES string of the molecule is CCOC(=O)C1CCCCN1CC1CCC(C)(C)O1. The Labute approximate surface area is 116 Å². The molecule has 2 rings (SSSR count). The highest BCUT2D eigenvalue weighted by Gasteiger charge is 2.36. The normalized spacial score (nSPS) is 31.3. The fraction of sp³-hybridized carbons (Fsp3) is 0.933. The zero-order valence-electron chi connectivity index (χ0n) is 12.5. The van der Waals surface area contributed by atoms with Crippen LogP contribution in [-0.4, -0.2) is 48.3 Å². The van der Waals surface area contributed by atoms with E-state index < -0.39 is 0 Å². The van der Waals surface area contributed by atoms with Gasteiger partial charge in [0.25, 0.3) is 0 Å². The van der Waals surface area contributed by atoms with Crippen LogP contribution in [0.15, 0.2) is 0 Å². The summed E-state index contributed by atoms with van der Waals surface area (Å²) in [5.74, 6) is -0.0561. The molecule has 0 spiro atoms. The van der Waals surface area contributed by atoms with E-state index in [0.29, 0.717) is 6.61 Å². The largest absolute Gasteiger partial charge is 0.465 e. The van der Waals surface area contributed by atoms with E-state index in [1.807, 2.05) is 6.92 Å². The van der Waals surface area contributed by atoms with Crippen LogP contribution in [0.3, 0.4) is 0 Å². The van der Waals surface area contributed by atoms with Gasteiger partial charge in [-0.3, -0.25) is 9.69 Å². The maximum absolute atomic E-state index is 12.0. The number of nitrogens with zero attached hydrogens (tertiary/aromatic N) is 1. The highest BCUT2D eigenvalue weighted by molar-refractivity contribution is 5.75. The molecule has 0 N–H and O–H groups in total. The molecule has 2 unspecified atom stereocenters. The van der Waals surface area contributed by atoms with Crippen LogP contribution in [0.5, 0.6) is 0 Å². The molecule has 4 heteroatoms. The number of ether oxygens (including phenoxy) is 2. The van der Waals surface area contributed by atoms with E-state index in [9.17, 15) is 4.79 Å². The van der Waals surface area contributed by atoms with Crippen LogP contribution < -0.4 is 0 Å². The van der Waals surface area contributed by atoms with Gasteiger partial charge in [0.1, 0.15) is 6.04 Å². The zero-order chi connectivity index (χ0) is 13.9. The maximum atomic E-state index is 12.0. The minimum Gasteiger partial charge on any atom is -0.465 e. The Bertz CT molecular complexity index is 317. The molecule has 2 fully saturated rings. The maximum Gasteiger partial charge on any atom is 0.323 e. The van der Waals surface area contributed by atoms with Crippen molar-refractivity contribution in [2.75, 3.05) is 19.7 Å². The smallest absolute Gasteiger partial charge is 0.323 e. The monoisotopic (exact) mass is 269 g/mol. The molecular formula is C15H27NO3. The molecule has 2 atom stereocenters. The highest BCUT2D eigenvalue weighted by atomic mass is 16.5. The first-order chi connectivity index (χ1) is 9.02. The molecule has 2 heterocycles. The number of rotatable bonds is 4. The van der Waals surface area contributed by atoms with E-state index in [1.54, 1.807) is 0 Å². The molecule has 0 aromatic carbocycles. The summed E-state index contributed by atoms with van der Waals surface area (Å²) in [5.41, 5.74) is -0.000121. The third-order valence-electron chi connectivity index (χ3n) is 4.16. The predicted octanol–water partition coefficient (Wildman–Crippen LogP) is 2.36. The number of likely N-dealkylation sites (tertiary alicyclic amines) is 1. The summed E-state index contributed by atoms with van der Waals surface area (Å²) in [6, 6.07) is -0.0546. The van der Waals surface area contributed by atoms with E-state index in [2.05, 4.69) is 18.7 Å². The van der Waals surface area contributed by atoms with Crippen LogP contribution in [0.4, 0.5) is 0 Å². The van der Waals surface area contributed by atoms with Gasteiger partial charge in [-0.05, 0) is 53.0 Å². The lowest BCUT2D eigenvalue weighted by molar-refractivity contribution is -0.151. The fourth-order valence-corrected chi connectivity index (χ4v) is 3.18. The number of esters is 1. The average Bonchev–Trinajstić information content (AvgIpc) is 2.69. The van der Waals surface area contributed by atoms with Crippen molar-refractivity contribution in [3.05, 3.63) is 0 Å². The minimum atomic E-state index is -0.0561. The predicted molar refractivity (Wildman–Crippen MR) is 74.0 cm³/mol. The number of hydrogen-bond donors (Lipinski definition) is 0. The average molecular weight is 269 g/mol. The molecule has 110 valence electrons. The number of hydrogen-bond acceptors (Lipinski definition) is 4. The molecule has 0 aromatic rings. The second-order valence-corrected chi connectivity index (χ2v) is 6.30. The van der Waals surface area contributed by atoms with Crippen molar-refractivity contribution in [1.82, 2.24) is 4.90 Å². The van der Waals surface area contributed by atoms with Crippen LogP contribution in [-0.2, 0) is 14.3 Å². The molecule has 4 nitrogen and oxygen atoms in total. The van der Waals surface area contributed by atoms with Crippen molar-refractivity contribution in [1.29, 1.82) is 0 Å². The van der Waals surface area contributed by atoms with Crippen molar-refractivity contribution in [3.63, 3.8) is 0 Å². The number of piperidine rings is 1. The Morgan fingerprint density at radius 2 is 2.16 bits per heavy atom. The van der Waals surface area contributed by atoms with Crippen molar-refractivity contribution in [3.8, 4) is 0 Å². The zero-order valence-corrected chi connectivity index (χ0v) is 12.5. The van der Waals surface area contributed by atoms with E-state index in [-0.39, 0.29) is 23.7 Å². The summed E-state index contributed by atoms with van der Waals surface area (Å²) < 4.78 is 11.2. The van der Waals surface area contributed by atoms with Crippen LogP contribution in [0.1, 0.15) is 52.9 Å². The molecule has 2 saturated heterocycles. The molecule has 2 aliphatic heterocycles. The highest BCUT2D eigenvalue weighted by Crippen LogP contribution is 2.31. The minimum absolute atomic E-state index is 0.000121. The van der Waals surface area contributed by atoms with Gasteiger partial charge in [-0.1, -0.05) is 6.42 Å². The van der Waals surface area contributed by atoms with Crippen molar-refractivity contribution >= 4 is 5.97 Å². The van der Waals surface area contributed by atoms with E-state index in [0.717, 1.165) is 38.8 Å². The van der Waals surface area contributed by atoms with Gasteiger partial charge in [0.2, 0.25) is 0 Å². The fourth-order valence-electron chi connectivity index (χ4n) is 3.18. The van der Waals surface area contributed by atoms with Crippen molar-refractivity contribution < 1.29 is 14.3 Å². The summed E-state index contributed by atoms with van der Waals surface area (Å²) in [7, 11) is 0. The van der Waals surface area contributed by atoms with Crippen LogP contribution in [0.2, 0.25) is 0 Å². The molecule has 19 heavy (non-hydrogen) atoms. The third-order valence-corrected chi connectivity index (χ3v) is 4.16. The Morgan fingerprint density at radius 1 is 1.37 bits per heavy atom. The van der Waals surface area contributed by atoms with E-state index >= 15 is 0 Å². The van der Waals surface area contributed by atoms with Gasteiger partial charge in [-0.15, -0.1) is 0 Å². The van der Waals surface area contributed by atoms with Gasteiger partial charge in [-0.25, -0.2) is 0 Å². The van der Waals surface area contributed by atoms with Gasteiger partial charge in [0.05, 0.1) is 18.3 Å². The lowest BCUT2D eigenvalue weighted by Crippen LogP contribution is -2.48. The van der Waals surface area contributed by atoms with Gasteiger partial charge in [0, 0.05) is 6.54 Å². The second kappa shape index (κ2) is 6.23. The van der Waals surface area contributed by atoms with Gasteiger partial charge < -0.3 is 9.47 Å². The summed E-state index contributed by atoms with van der Waals surface area (Å²) in [6.07, 6.45) is 5.69. The molecule has 0 saturated carbocycles. The Kier molecular flexibility index (Phi) is 4.85. The Hall–Kier alpha value is -0.610. The summed E-state index contributed by atoms with van der Waals surface area (Å²) in [5, 5.41) is 0. The second-order valence-electron chi connectivity index (χ2n) is 6.30. The Morgan fingerprint density at radius 3 is 2.79 bits per heavy atom. The molecule has 0 bridgehead atoms. The quantitative estimate of drug-likeness (QED) is 0.734. The summed E-state index contributed by atoms with van der Waals surface area (Å²) in [6.45, 7) is 8.48. The molecule has 0 radical (unpaired) electrons. The molecule has 2 aliphatic rings. The van der Waals surface area contributed by atoms with Gasteiger partial charge >= 0.3 is 5.97 Å². The molecule has 0 amide bonds. The summed E-state index contributed by atoms with van der Waals surface area (Å²) >= 11 is 0. The summed E-state index contributed by atoms with van der Waals surface area (Å²) in [4.78, 5) is 14.3. The van der Waals surface area contributed by atoms with Crippen molar-refractivity contribution in [2.45, 2.75) is 70.6 Å². The van der Waals surface area contributed by atoms with Crippen molar-refractivity contribution in [2.24, 2.45) is 0 Å². The first-order valence-corrected chi connectivity index (χ1v) is 7.60. The van der Waals surface area contributed by atoms with Gasteiger partial charge in [-0.2, -0.15) is 0 Å². The lowest BCUT2D eigenvalue weighted by atomic mass is 10.0. The topological polar surface area (TPSA) is 38.8 Å². The standard InChI is InChI=1S/C15H27NO3/c1-4-18-14(17)13-7-5-6-10-16(13)11-12-8-9-15(2,3)19-12/h12-13H,4-11H2,1-3H3. The first kappa shape index (κ1) is 14.8. The molecule has 0 aromatic heterocycles. The molecule has 0 aliphatic carbocycles. The number of carbonyl (C=O) groups is 1. The van der Waals surface area contributed by atoms with Crippen LogP contribution >= 0.6 is 0 Å². The van der Waals surface area contributed by atoms with E-state index in [1.165, 1.54) is 6.42 Å². The lowest BCUT2D eigenvalue weighted by Gasteiger charge is -2.35. The first-order valence-electron chi connectivity index (χ1n) is 7.60. The van der Waals surface area contributed by atoms with Crippen LogP contribution in [0.25, 0.3) is 0 Å². The number of carbonyl (C=O) groups excluding carboxylic acids is 1. The van der Waals surface area contributed by atoms with Gasteiger partial charge in [0.15, 0.2) is 0 Å². The third kappa shape index (κ3) is 3.93. The van der Waals surface area contributed by atoms with E-state index in [4.69, 9.17) is 9.47 Å². The molecular weight excluding hydrogens is 242 g/mol.